The predicted molar refractivity (Wildman–Crippen MR) is 84.4 cm³/mol. The minimum atomic E-state index is -0.843. The molecule has 0 radical (unpaired) electrons. The minimum absolute atomic E-state index is 0.153. The number of rotatable bonds is 5. The quantitative estimate of drug-likeness (QED) is 0.923. The molecule has 0 saturated heterocycles. The number of aliphatic hydroxyl groups is 1. The molecule has 0 aliphatic heterocycles. The Labute approximate surface area is 134 Å². The van der Waals surface area contributed by atoms with E-state index in [9.17, 15) is 14.3 Å². The fourth-order valence-corrected chi connectivity index (χ4v) is 2.57. The summed E-state index contributed by atoms with van der Waals surface area (Å²) in [6.45, 7) is 2.02. The van der Waals surface area contributed by atoms with Gasteiger partial charge in [-0.2, -0.15) is 0 Å². The van der Waals surface area contributed by atoms with Crippen molar-refractivity contribution in [1.29, 1.82) is 0 Å². The Morgan fingerprint density at radius 1 is 1.30 bits per heavy atom. The van der Waals surface area contributed by atoms with E-state index in [0.29, 0.717) is 11.3 Å². The Balaban J connectivity index is 1.76. The van der Waals surface area contributed by atoms with Gasteiger partial charge in [0, 0.05) is 11.7 Å². The molecule has 1 atom stereocenters. The van der Waals surface area contributed by atoms with Gasteiger partial charge in [-0.05, 0) is 49.6 Å². The first-order valence-corrected chi connectivity index (χ1v) is 7.73. The van der Waals surface area contributed by atoms with E-state index in [-0.39, 0.29) is 24.3 Å². The monoisotopic (exact) mass is 314 g/mol. The Kier molecular flexibility index (Phi) is 4.39. The average Bonchev–Trinajstić information content (AvgIpc) is 3.37. The normalized spacial score (nSPS) is 15.3. The average molecular weight is 314 g/mol. The predicted octanol–water partition coefficient (Wildman–Crippen LogP) is 2.87. The maximum absolute atomic E-state index is 13.0. The Bertz CT molecular complexity index is 698. The highest BCUT2D eigenvalue weighted by Crippen LogP contribution is 2.30. The molecule has 1 N–H and O–H groups in total. The molecule has 3 rings (SSSR count). The van der Waals surface area contributed by atoms with Crippen LogP contribution in [-0.4, -0.2) is 33.5 Å². The van der Waals surface area contributed by atoms with Crippen molar-refractivity contribution in [2.24, 2.45) is 0 Å². The van der Waals surface area contributed by atoms with E-state index in [1.165, 1.54) is 12.1 Å². The lowest BCUT2D eigenvalue weighted by molar-refractivity contribution is 0.0597. The lowest BCUT2D eigenvalue weighted by Crippen LogP contribution is -2.37. The molecule has 1 aromatic heterocycles. The van der Waals surface area contributed by atoms with Gasteiger partial charge in [-0.25, -0.2) is 9.37 Å². The summed E-state index contributed by atoms with van der Waals surface area (Å²) in [6.07, 6.45) is 1.03. The van der Waals surface area contributed by atoms with E-state index in [1.54, 1.807) is 29.2 Å². The molecule has 1 unspecified atom stereocenters. The van der Waals surface area contributed by atoms with Crippen LogP contribution >= 0.6 is 0 Å². The molecule has 0 bridgehead atoms. The summed E-state index contributed by atoms with van der Waals surface area (Å²) in [5.74, 6) is -0.516. The van der Waals surface area contributed by atoms with Crippen LogP contribution < -0.4 is 0 Å². The van der Waals surface area contributed by atoms with Crippen molar-refractivity contribution in [3.63, 3.8) is 0 Å². The highest BCUT2D eigenvalue weighted by atomic mass is 19.1. The van der Waals surface area contributed by atoms with Crippen LogP contribution in [0.2, 0.25) is 0 Å². The van der Waals surface area contributed by atoms with E-state index < -0.39 is 6.10 Å². The van der Waals surface area contributed by atoms with E-state index in [4.69, 9.17) is 0 Å². The molecule has 0 spiro atoms. The molecule has 1 aromatic carbocycles. The molecule has 120 valence electrons. The molecule has 1 saturated carbocycles. The summed E-state index contributed by atoms with van der Waals surface area (Å²) in [6, 6.07) is 11.2. The van der Waals surface area contributed by atoms with Crippen LogP contribution in [0, 0.1) is 12.7 Å². The van der Waals surface area contributed by atoms with Gasteiger partial charge in [-0.3, -0.25) is 4.79 Å². The third-order valence-corrected chi connectivity index (χ3v) is 3.98. The van der Waals surface area contributed by atoms with Crippen molar-refractivity contribution in [2.75, 3.05) is 6.54 Å². The first-order chi connectivity index (χ1) is 11.0. The van der Waals surface area contributed by atoms with Crippen molar-refractivity contribution >= 4 is 5.91 Å². The zero-order valence-corrected chi connectivity index (χ0v) is 12.9. The van der Waals surface area contributed by atoms with E-state index in [1.807, 2.05) is 13.0 Å². The van der Waals surface area contributed by atoms with E-state index in [2.05, 4.69) is 4.98 Å². The van der Waals surface area contributed by atoms with Gasteiger partial charge in [-0.1, -0.05) is 18.2 Å². The van der Waals surface area contributed by atoms with E-state index >= 15 is 0 Å². The largest absolute Gasteiger partial charge is 0.387 e. The topological polar surface area (TPSA) is 53.4 Å². The van der Waals surface area contributed by atoms with Gasteiger partial charge in [0.05, 0.1) is 12.6 Å². The number of amides is 1. The fraction of sp³-hybridized carbons (Fsp3) is 0.333. The third kappa shape index (κ3) is 3.74. The van der Waals surface area contributed by atoms with Crippen LogP contribution in [0.3, 0.4) is 0 Å². The lowest BCUT2D eigenvalue weighted by atomic mass is 10.1. The summed E-state index contributed by atoms with van der Waals surface area (Å²) >= 11 is 0. The van der Waals surface area contributed by atoms with Crippen LogP contribution in [0.1, 0.15) is 40.7 Å². The van der Waals surface area contributed by atoms with Crippen LogP contribution in [0.4, 0.5) is 4.39 Å². The van der Waals surface area contributed by atoms with Crippen molar-refractivity contribution < 1.29 is 14.3 Å². The molecule has 5 heteroatoms. The highest BCUT2D eigenvalue weighted by Gasteiger charge is 2.35. The molecule has 4 nitrogen and oxygen atoms in total. The number of hydrogen-bond donors (Lipinski definition) is 1. The van der Waals surface area contributed by atoms with Gasteiger partial charge in [0.25, 0.3) is 5.91 Å². The SMILES string of the molecule is Cc1cccc(C(=O)N(CC(O)c2ccc(F)cc2)C2CC2)n1. The molecule has 1 aliphatic carbocycles. The molecule has 23 heavy (non-hydrogen) atoms. The molecule has 1 fully saturated rings. The lowest BCUT2D eigenvalue weighted by Gasteiger charge is -2.25. The molecular weight excluding hydrogens is 295 g/mol. The van der Waals surface area contributed by atoms with Crippen molar-refractivity contribution in [1.82, 2.24) is 9.88 Å². The maximum Gasteiger partial charge on any atom is 0.272 e. The molecule has 2 aromatic rings. The summed E-state index contributed by atoms with van der Waals surface area (Å²) < 4.78 is 13.0. The third-order valence-electron chi connectivity index (χ3n) is 3.98. The van der Waals surface area contributed by atoms with Crippen LogP contribution in [0.25, 0.3) is 0 Å². The second-order valence-corrected chi connectivity index (χ2v) is 5.92. The number of pyridine rings is 1. The number of aryl methyl sites for hydroxylation is 1. The Hall–Kier alpha value is -2.27. The zero-order valence-electron chi connectivity index (χ0n) is 12.9. The van der Waals surface area contributed by atoms with Gasteiger partial charge < -0.3 is 10.0 Å². The molecule has 1 heterocycles. The Morgan fingerprint density at radius 2 is 2.00 bits per heavy atom. The first-order valence-electron chi connectivity index (χ1n) is 7.73. The smallest absolute Gasteiger partial charge is 0.272 e. The Morgan fingerprint density at radius 3 is 2.61 bits per heavy atom. The number of carbonyl (C=O) groups is 1. The van der Waals surface area contributed by atoms with Gasteiger partial charge in [0.2, 0.25) is 0 Å². The summed E-state index contributed by atoms with van der Waals surface area (Å²) in [5.41, 5.74) is 1.77. The molecule has 1 amide bonds. The summed E-state index contributed by atoms with van der Waals surface area (Å²) in [7, 11) is 0. The second-order valence-electron chi connectivity index (χ2n) is 5.92. The first kappa shape index (κ1) is 15.6. The van der Waals surface area contributed by atoms with Gasteiger partial charge >= 0.3 is 0 Å². The van der Waals surface area contributed by atoms with Crippen molar-refractivity contribution in [3.8, 4) is 0 Å². The standard InChI is InChI=1S/C18H19FN2O2/c1-12-3-2-4-16(20-12)18(23)21(15-9-10-15)11-17(22)13-5-7-14(19)8-6-13/h2-8,15,17,22H,9-11H2,1H3. The number of hydrogen-bond acceptors (Lipinski definition) is 3. The van der Waals surface area contributed by atoms with Gasteiger partial charge in [-0.15, -0.1) is 0 Å². The van der Waals surface area contributed by atoms with Crippen LogP contribution in [0.5, 0.6) is 0 Å². The number of aliphatic hydroxyl groups excluding tert-OH is 1. The number of aromatic nitrogens is 1. The zero-order chi connectivity index (χ0) is 16.4. The fourth-order valence-electron chi connectivity index (χ4n) is 2.57. The highest BCUT2D eigenvalue weighted by molar-refractivity contribution is 5.92. The van der Waals surface area contributed by atoms with Crippen LogP contribution in [0.15, 0.2) is 42.5 Å². The minimum Gasteiger partial charge on any atom is -0.387 e. The summed E-state index contributed by atoms with van der Waals surface area (Å²) in [4.78, 5) is 18.6. The number of halogens is 1. The molecular formula is C18H19FN2O2. The van der Waals surface area contributed by atoms with Crippen LogP contribution in [-0.2, 0) is 0 Å². The summed E-state index contributed by atoms with van der Waals surface area (Å²) in [5, 5.41) is 10.4. The second kappa shape index (κ2) is 6.46. The molecule has 1 aliphatic rings. The van der Waals surface area contributed by atoms with Gasteiger partial charge in [0.15, 0.2) is 0 Å². The van der Waals surface area contributed by atoms with Crippen molar-refractivity contribution in [2.45, 2.75) is 31.9 Å². The number of benzene rings is 1. The maximum atomic E-state index is 13.0. The van der Waals surface area contributed by atoms with Crippen molar-refractivity contribution in [3.05, 3.63) is 65.2 Å². The van der Waals surface area contributed by atoms with Gasteiger partial charge in [0.1, 0.15) is 11.5 Å². The van der Waals surface area contributed by atoms with E-state index in [0.717, 1.165) is 18.5 Å². The number of nitrogens with zero attached hydrogens (tertiary/aromatic N) is 2. The number of carbonyl (C=O) groups excluding carboxylic acids is 1.